The molecule has 0 aromatic rings. The van der Waals surface area contributed by atoms with Crippen molar-refractivity contribution in [3.8, 4) is 0 Å². The van der Waals surface area contributed by atoms with Gasteiger partial charge in [-0.2, -0.15) is 0 Å². The number of aliphatic hydroxyl groups is 1. The molecule has 0 rings (SSSR count). The molecule has 0 bridgehead atoms. The van der Waals surface area contributed by atoms with Crippen molar-refractivity contribution < 1.29 is 32.9 Å². The molecule has 8 nitrogen and oxygen atoms in total. The Morgan fingerprint density at radius 2 is 0.768 bits per heavy atom. The number of hydrogen-bond donors (Lipinski definition) is 3. The van der Waals surface area contributed by atoms with Crippen LogP contribution in [0.25, 0.3) is 0 Å². The molecule has 0 aliphatic carbocycles. The van der Waals surface area contributed by atoms with Gasteiger partial charge in [0.2, 0.25) is 5.91 Å². The number of quaternary nitrogens is 1. The first kappa shape index (κ1) is 68.2. The monoisotopic (exact) mass is 998 g/mol. The van der Waals surface area contributed by atoms with Crippen molar-refractivity contribution in [2.45, 2.75) is 328 Å². The van der Waals surface area contributed by atoms with E-state index in [-0.39, 0.29) is 19.1 Å². The maximum Gasteiger partial charge on any atom is 0.472 e. The zero-order chi connectivity index (χ0) is 50.6. The number of unbranched alkanes of at least 4 members (excludes halogenated alkanes) is 44. The molecule has 0 saturated heterocycles. The Balaban J connectivity index is 3.92. The number of carbonyl (C=O) groups is 1. The number of amides is 1. The maximum atomic E-state index is 13.0. The van der Waals surface area contributed by atoms with Crippen LogP contribution in [0.2, 0.25) is 0 Å². The number of hydrogen-bond acceptors (Lipinski definition) is 5. The van der Waals surface area contributed by atoms with E-state index in [0.29, 0.717) is 17.4 Å². The second kappa shape index (κ2) is 52.1. The summed E-state index contributed by atoms with van der Waals surface area (Å²) in [6.45, 7) is 4.85. The predicted octanol–water partition coefficient (Wildman–Crippen LogP) is 18.6. The van der Waals surface area contributed by atoms with E-state index in [0.717, 1.165) is 38.5 Å². The third kappa shape index (κ3) is 54.8. The minimum absolute atomic E-state index is 0.0649. The summed E-state index contributed by atoms with van der Waals surface area (Å²) in [6.07, 6.45) is 64.9. The smallest absolute Gasteiger partial charge is 0.387 e. The summed E-state index contributed by atoms with van der Waals surface area (Å²) >= 11 is 0. The lowest BCUT2D eigenvalue weighted by Gasteiger charge is -2.25. The van der Waals surface area contributed by atoms with E-state index in [1.165, 1.54) is 257 Å². The fourth-order valence-corrected chi connectivity index (χ4v) is 10.2. The van der Waals surface area contributed by atoms with Gasteiger partial charge in [-0.1, -0.05) is 302 Å². The van der Waals surface area contributed by atoms with Crippen LogP contribution >= 0.6 is 7.82 Å². The summed E-state index contributed by atoms with van der Waals surface area (Å²) < 4.78 is 23.7. The molecule has 0 aromatic heterocycles. The topological polar surface area (TPSA) is 105 Å². The quantitative estimate of drug-likeness (QED) is 0.0243. The number of nitrogens with one attached hydrogen (secondary N) is 1. The van der Waals surface area contributed by atoms with Crippen molar-refractivity contribution in [2.75, 3.05) is 40.9 Å². The third-order valence-corrected chi connectivity index (χ3v) is 15.2. The Morgan fingerprint density at radius 1 is 0.478 bits per heavy atom. The first-order valence-corrected chi connectivity index (χ1v) is 32.1. The predicted molar refractivity (Wildman–Crippen MR) is 300 cm³/mol. The molecular formula is C60H122N2O6P+. The number of rotatable bonds is 57. The largest absolute Gasteiger partial charge is 0.472 e. The van der Waals surface area contributed by atoms with Crippen molar-refractivity contribution in [3.63, 3.8) is 0 Å². The molecule has 0 fully saturated rings. The lowest BCUT2D eigenvalue weighted by Crippen LogP contribution is -2.45. The van der Waals surface area contributed by atoms with Gasteiger partial charge in [0.1, 0.15) is 13.2 Å². The van der Waals surface area contributed by atoms with Crippen LogP contribution < -0.4 is 5.32 Å². The molecule has 0 aromatic carbocycles. The minimum Gasteiger partial charge on any atom is -0.387 e. The molecule has 69 heavy (non-hydrogen) atoms. The molecule has 0 saturated carbocycles. The maximum absolute atomic E-state index is 13.0. The summed E-state index contributed by atoms with van der Waals surface area (Å²) in [4.78, 5) is 23.3. The molecule has 1 amide bonds. The minimum atomic E-state index is -4.34. The fraction of sp³-hybridized carbons (Fsp3) is 0.950. The van der Waals surface area contributed by atoms with Gasteiger partial charge in [0.15, 0.2) is 0 Å². The summed E-state index contributed by atoms with van der Waals surface area (Å²) in [5.41, 5.74) is 0. The van der Waals surface area contributed by atoms with Gasteiger partial charge in [0.25, 0.3) is 0 Å². The van der Waals surface area contributed by atoms with E-state index in [9.17, 15) is 19.4 Å². The highest BCUT2D eigenvalue weighted by atomic mass is 31.2. The molecular weight excluding hydrogens is 876 g/mol. The molecule has 0 aliphatic rings. The van der Waals surface area contributed by atoms with Crippen molar-refractivity contribution in [2.24, 2.45) is 0 Å². The van der Waals surface area contributed by atoms with Crippen molar-refractivity contribution in [3.05, 3.63) is 12.2 Å². The fourth-order valence-electron chi connectivity index (χ4n) is 9.46. The third-order valence-electron chi connectivity index (χ3n) is 14.3. The van der Waals surface area contributed by atoms with Crippen LogP contribution in [0.5, 0.6) is 0 Å². The summed E-state index contributed by atoms with van der Waals surface area (Å²) in [6, 6.07) is -0.841. The second-order valence-corrected chi connectivity index (χ2v) is 23.9. The average Bonchev–Trinajstić information content (AvgIpc) is 3.31. The van der Waals surface area contributed by atoms with E-state index in [1.54, 1.807) is 6.08 Å². The second-order valence-electron chi connectivity index (χ2n) is 22.4. The Kier molecular flexibility index (Phi) is 51.5. The van der Waals surface area contributed by atoms with Crippen LogP contribution in [-0.4, -0.2) is 73.4 Å². The Morgan fingerprint density at radius 3 is 1.07 bits per heavy atom. The zero-order valence-corrected chi connectivity index (χ0v) is 48.0. The van der Waals surface area contributed by atoms with Crippen LogP contribution in [0, 0.1) is 0 Å². The average molecular weight is 999 g/mol. The summed E-state index contributed by atoms with van der Waals surface area (Å²) in [5, 5.41) is 13.9. The highest BCUT2D eigenvalue weighted by Gasteiger charge is 2.27. The first-order valence-electron chi connectivity index (χ1n) is 30.6. The van der Waals surface area contributed by atoms with Crippen molar-refractivity contribution in [1.82, 2.24) is 5.32 Å². The number of phosphoric acid groups is 1. The highest BCUT2D eigenvalue weighted by Crippen LogP contribution is 2.43. The molecule has 3 N–H and O–H groups in total. The highest BCUT2D eigenvalue weighted by molar-refractivity contribution is 7.47. The number of nitrogens with zero attached hydrogens (tertiary/aromatic N) is 1. The van der Waals surface area contributed by atoms with E-state index in [1.807, 2.05) is 27.2 Å². The van der Waals surface area contributed by atoms with Gasteiger partial charge in [-0.3, -0.25) is 13.8 Å². The molecule has 412 valence electrons. The molecule has 3 atom stereocenters. The van der Waals surface area contributed by atoms with Crippen molar-refractivity contribution >= 4 is 13.7 Å². The van der Waals surface area contributed by atoms with Crippen LogP contribution in [-0.2, 0) is 18.4 Å². The molecule has 0 radical (unpaired) electrons. The number of phosphoric ester groups is 1. The summed E-state index contributed by atoms with van der Waals surface area (Å²) in [5.74, 6) is -0.170. The lowest BCUT2D eigenvalue weighted by molar-refractivity contribution is -0.870. The van der Waals surface area contributed by atoms with Crippen LogP contribution in [0.3, 0.4) is 0 Å². The molecule has 3 unspecified atom stereocenters. The standard InChI is InChI=1S/C60H121N2O6P/c1-6-8-10-12-14-16-18-20-21-22-23-24-25-26-27-28-29-30-31-32-33-34-35-36-37-38-39-40-42-44-46-48-50-52-54-60(64)61-58(57-68-69(65,66)67-56-55-62(3,4)5)59(63)53-51-49-47-45-43-41-19-17-15-13-11-9-7-2/h51,53,58-59,63H,6-50,52,54-57H2,1-5H3,(H-,61,64,65,66)/p+1/b53-51+. The molecule has 0 spiro atoms. The lowest BCUT2D eigenvalue weighted by atomic mass is 10.0. The van der Waals surface area contributed by atoms with Gasteiger partial charge in [-0.05, 0) is 19.3 Å². The van der Waals surface area contributed by atoms with E-state index < -0.39 is 20.0 Å². The number of allylic oxidation sites excluding steroid dienone is 1. The van der Waals surface area contributed by atoms with Gasteiger partial charge in [0.05, 0.1) is 39.9 Å². The van der Waals surface area contributed by atoms with E-state index in [2.05, 4.69) is 19.2 Å². The van der Waals surface area contributed by atoms with Crippen molar-refractivity contribution in [1.29, 1.82) is 0 Å². The van der Waals surface area contributed by atoms with Crippen LogP contribution in [0.1, 0.15) is 316 Å². The van der Waals surface area contributed by atoms with Crippen LogP contribution in [0.15, 0.2) is 12.2 Å². The van der Waals surface area contributed by atoms with Gasteiger partial charge >= 0.3 is 7.82 Å². The van der Waals surface area contributed by atoms with Gasteiger partial charge < -0.3 is 19.8 Å². The van der Waals surface area contributed by atoms with Gasteiger partial charge in [0, 0.05) is 6.42 Å². The zero-order valence-electron chi connectivity index (χ0n) is 47.1. The molecule has 9 heteroatoms. The Bertz CT molecular complexity index is 1130. The normalized spacial score (nSPS) is 13.9. The van der Waals surface area contributed by atoms with E-state index >= 15 is 0 Å². The Labute approximate surface area is 431 Å². The number of aliphatic hydroxyl groups excluding tert-OH is 1. The van der Waals surface area contributed by atoms with Gasteiger partial charge in [-0.15, -0.1) is 0 Å². The SMILES string of the molecule is CCCCCCCCCCCCC/C=C/C(O)C(COP(=O)(O)OCC[N+](C)(C)C)NC(=O)CCCCCCCCCCCCCCCCCCCCCCCCCCCCCCCCCCCC. The Hall–Kier alpha value is -0.760. The molecule has 0 heterocycles. The number of likely N-dealkylation sites (N-methyl/N-ethyl adjacent to an activating group) is 1. The number of carbonyl (C=O) groups excluding carboxylic acids is 1. The first-order chi connectivity index (χ1) is 33.5. The van der Waals surface area contributed by atoms with E-state index in [4.69, 9.17) is 9.05 Å². The summed E-state index contributed by atoms with van der Waals surface area (Å²) in [7, 11) is 1.59. The van der Waals surface area contributed by atoms with Crippen LogP contribution in [0.4, 0.5) is 0 Å². The van der Waals surface area contributed by atoms with Gasteiger partial charge in [-0.25, -0.2) is 4.57 Å². The molecule has 0 aliphatic heterocycles.